The molecule has 108 valence electrons. The number of rotatable bonds is 4. The van der Waals surface area contributed by atoms with Crippen molar-refractivity contribution in [3.05, 3.63) is 74.8 Å². The molecule has 0 bridgehead atoms. The predicted molar refractivity (Wildman–Crippen MR) is 78.1 cm³/mol. The van der Waals surface area contributed by atoms with E-state index in [2.05, 4.69) is 0 Å². The molecule has 2 rings (SSSR count). The first-order valence-electron chi connectivity index (χ1n) is 6.45. The number of nitro benzene ring substituents is 1. The van der Waals surface area contributed by atoms with Gasteiger partial charge in [-0.1, -0.05) is 18.2 Å². The summed E-state index contributed by atoms with van der Waals surface area (Å²) in [5, 5.41) is 10.9. The van der Waals surface area contributed by atoms with E-state index in [-0.39, 0.29) is 12.3 Å². The summed E-state index contributed by atoms with van der Waals surface area (Å²) in [6.45, 7) is 3.74. The number of benzene rings is 2. The smallest absolute Gasteiger partial charge is 0.338 e. The highest BCUT2D eigenvalue weighted by Gasteiger charge is 2.15. The minimum atomic E-state index is -0.490. The first kappa shape index (κ1) is 14.7. The predicted octanol–water partition coefficient (Wildman–Crippen LogP) is 3.57. The Morgan fingerprint density at radius 3 is 2.52 bits per heavy atom. The summed E-state index contributed by atoms with van der Waals surface area (Å²) in [7, 11) is 0. The quantitative estimate of drug-likeness (QED) is 0.489. The third-order valence-electron chi connectivity index (χ3n) is 3.29. The lowest BCUT2D eigenvalue weighted by molar-refractivity contribution is -0.385. The van der Waals surface area contributed by atoms with E-state index >= 15 is 0 Å². The fourth-order valence-corrected chi connectivity index (χ4v) is 1.91. The molecule has 0 radical (unpaired) electrons. The lowest BCUT2D eigenvalue weighted by Gasteiger charge is -2.07. The maximum atomic E-state index is 12.0. The summed E-state index contributed by atoms with van der Waals surface area (Å²) >= 11 is 0. The molecule has 0 spiro atoms. The van der Waals surface area contributed by atoms with E-state index in [9.17, 15) is 14.9 Å². The zero-order valence-electron chi connectivity index (χ0n) is 11.8. The molecule has 0 amide bonds. The van der Waals surface area contributed by atoms with Gasteiger partial charge in [-0.25, -0.2) is 4.79 Å². The van der Waals surface area contributed by atoms with Gasteiger partial charge in [0.2, 0.25) is 0 Å². The van der Waals surface area contributed by atoms with E-state index in [1.807, 2.05) is 19.9 Å². The van der Waals surface area contributed by atoms with Crippen molar-refractivity contribution in [2.45, 2.75) is 20.5 Å². The second-order valence-electron chi connectivity index (χ2n) is 4.76. The zero-order valence-corrected chi connectivity index (χ0v) is 11.8. The molecule has 0 heterocycles. The minimum absolute atomic E-state index is 0.0506. The van der Waals surface area contributed by atoms with Gasteiger partial charge in [-0.2, -0.15) is 0 Å². The molecule has 0 fully saturated rings. The van der Waals surface area contributed by atoms with Gasteiger partial charge in [0.05, 0.1) is 16.1 Å². The lowest BCUT2D eigenvalue weighted by Crippen LogP contribution is -2.07. The molecule has 2 aromatic carbocycles. The number of hydrogen-bond acceptors (Lipinski definition) is 4. The van der Waals surface area contributed by atoms with Crippen molar-refractivity contribution in [3.63, 3.8) is 0 Å². The molecule has 0 aliphatic heterocycles. The topological polar surface area (TPSA) is 69.4 Å². The molecule has 0 saturated heterocycles. The first-order chi connectivity index (χ1) is 9.99. The normalized spacial score (nSPS) is 10.2. The Balaban J connectivity index is 2.11. The second kappa shape index (κ2) is 6.17. The Hall–Kier alpha value is -2.69. The third kappa shape index (κ3) is 3.45. The molecule has 0 aromatic heterocycles. The van der Waals surface area contributed by atoms with E-state index in [1.54, 1.807) is 30.3 Å². The Labute approximate surface area is 122 Å². The van der Waals surface area contributed by atoms with Gasteiger partial charge in [-0.05, 0) is 43.2 Å². The number of nitrogens with zero attached hydrogens (tertiary/aromatic N) is 1. The Bertz CT molecular complexity index is 694. The highest BCUT2D eigenvalue weighted by molar-refractivity contribution is 5.89. The summed E-state index contributed by atoms with van der Waals surface area (Å²) in [4.78, 5) is 22.4. The molecule has 5 nitrogen and oxygen atoms in total. The zero-order chi connectivity index (χ0) is 15.4. The third-order valence-corrected chi connectivity index (χ3v) is 3.29. The molecule has 2 aromatic rings. The van der Waals surface area contributed by atoms with Crippen LogP contribution in [-0.2, 0) is 11.3 Å². The van der Waals surface area contributed by atoms with Gasteiger partial charge in [0.1, 0.15) is 6.61 Å². The average Bonchev–Trinajstić information content (AvgIpc) is 2.47. The number of aryl methyl sites for hydroxylation is 2. The fourth-order valence-electron chi connectivity index (χ4n) is 1.91. The molecule has 5 heteroatoms. The van der Waals surface area contributed by atoms with Gasteiger partial charge in [0.15, 0.2) is 0 Å². The molecule has 0 unspecified atom stereocenters. The highest BCUT2D eigenvalue weighted by Crippen LogP contribution is 2.19. The largest absolute Gasteiger partial charge is 0.457 e. The fraction of sp³-hybridized carbons (Fsp3) is 0.188. The average molecular weight is 285 g/mol. The van der Waals surface area contributed by atoms with Gasteiger partial charge < -0.3 is 4.74 Å². The molecule has 0 aliphatic rings. The van der Waals surface area contributed by atoms with Crippen molar-refractivity contribution in [3.8, 4) is 0 Å². The maximum Gasteiger partial charge on any atom is 0.338 e. The van der Waals surface area contributed by atoms with E-state index in [4.69, 9.17) is 4.74 Å². The van der Waals surface area contributed by atoms with Crippen molar-refractivity contribution >= 4 is 11.7 Å². The van der Waals surface area contributed by atoms with E-state index in [0.29, 0.717) is 11.1 Å². The molecule has 0 saturated carbocycles. The second-order valence-corrected chi connectivity index (χ2v) is 4.76. The minimum Gasteiger partial charge on any atom is -0.457 e. The number of ether oxygens (including phenoxy) is 1. The van der Waals surface area contributed by atoms with Crippen LogP contribution in [0.4, 0.5) is 5.69 Å². The van der Waals surface area contributed by atoms with Crippen molar-refractivity contribution < 1.29 is 14.5 Å². The van der Waals surface area contributed by atoms with Crippen LogP contribution in [0.5, 0.6) is 0 Å². The van der Waals surface area contributed by atoms with E-state index < -0.39 is 10.9 Å². The van der Waals surface area contributed by atoms with Crippen LogP contribution in [0.15, 0.2) is 42.5 Å². The number of carbonyl (C=O) groups is 1. The van der Waals surface area contributed by atoms with Gasteiger partial charge >= 0.3 is 5.97 Å². The Kier molecular flexibility index (Phi) is 4.33. The monoisotopic (exact) mass is 285 g/mol. The van der Waals surface area contributed by atoms with Crippen molar-refractivity contribution in [1.82, 2.24) is 0 Å². The van der Waals surface area contributed by atoms with Gasteiger partial charge in [-0.15, -0.1) is 0 Å². The molecular weight excluding hydrogens is 270 g/mol. The lowest BCUT2D eigenvalue weighted by atomic mass is 10.1. The van der Waals surface area contributed by atoms with E-state index in [0.717, 1.165) is 11.1 Å². The van der Waals surface area contributed by atoms with Crippen LogP contribution in [0, 0.1) is 24.0 Å². The van der Waals surface area contributed by atoms with Crippen LogP contribution >= 0.6 is 0 Å². The summed E-state index contributed by atoms with van der Waals surface area (Å²) in [6.07, 6.45) is 0. The first-order valence-corrected chi connectivity index (χ1v) is 6.45. The summed E-state index contributed by atoms with van der Waals surface area (Å²) in [5.41, 5.74) is 2.85. The maximum absolute atomic E-state index is 12.0. The standard InChI is InChI=1S/C16H15NO4/c1-11-7-8-13(9-12(11)2)16(18)21-10-14-5-3-4-6-15(14)17(19)20/h3-9H,10H2,1-2H3. The number of hydrogen-bond donors (Lipinski definition) is 0. The van der Waals surface area contributed by atoms with Crippen LogP contribution in [0.1, 0.15) is 27.0 Å². The molecule has 0 atom stereocenters. The Morgan fingerprint density at radius 1 is 1.14 bits per heavy atom. The van der Waals surface area contributed by atoms with Crippen LogP contribution in [0.25, 0.3) is 0 Å². The van der Waals surface area contributed by atoms with Gasteiger partial charge in [0.25, 0.3) is 5.69 Å². The molecule has 0 N–H and O–H groups in total. The van der Waals surface area contributed by atoms with Crippen LogP contribution in [0.2, 0.25) is 0 Å². The SMILES string of the molecule is Cc1ccc(C(=O)OCc2ccccc2[N+](=O)[O-])cc1C. The van der Waals surface area contributed by atoms with Crippen molar-refractivity contribution in [1.29, 1.82) is 0 Å². The summed E-state index contributed by atoms with van der Waals surface area (Å²) in [6, 6.07) is 11.5. The van der Waals surface area contributed by atoms with Crippen LogP contribution < -0.4 is 0 Å². The van der Waals surface area contributed by atoms with Crippen LogP contribution in [-0.4, -0.2) is 10.9 Å². The summed E-state index contributed by atoms with van der Waals surface area (Å²) < 4.78 is 5.16. The Morgan fingerprint density at radius 2 is 1.86 bits per heavy atom. The molecule has 21 heavy (non-hydrogen) atoms. The molecule has 0 aliphatic carbocycles. The molecular formula is C16H15NO4. The number of carbonyl (C=O) groups excluding carboxylic acids is 1. The van der Waals surface area contributed by atoms with Gasteiger partial charge in [0, 0.05) is 6.07 Å². The van der Waals surface area contributed by atoms with Crippen molar-refractivity contribution in [2.75, 3.05) is 0 Å². The highest BCUT2D eigenvalue weighted by atomic mass is 16.6. The van der Waals surface area contributed by atoms with Crippen LogP contribution in [0.3, 0.4) is 0 Å². The number of esters is 1. The van der Waals surface area contributed by atoms with E-state index in [1.165, 1.54) is 6.07 Å². The van der Waals surface area contributed by atoms with Crippen molar-refractivity contribution in [2.24, 2.45) is 0 Å². The number of nitro groups is 1. The number of para-hydroxylation sites is 1. The summed E-state index contributed by atoms with van der Waals surface area (Å²) in [5.74, 6) is -0.490. The van der Waals surface area contributed by atoms with Gasteiger partial charge in [-0.3, -0.25) is 10.1 Å².